The van der Waals surface area contributed by atoms with Crippen molar-refractivity contribution in [2.24, 2.45) is 0 Å². The summed E-state index contributed by atoms with van der Waals surface area (Å²) in [6.45, 7) is 15.9. The SMILES string of the molecule is CCC(C)(C)N(C(=O)C(CO)NC(=O)OC(C)(C)C)C(C(=O)Nc1ccccc1C)c1cccc(C)c1C. The van der Waals surface area contributed by atoms with Crippen molar-refractivity contribution in [3.63, 3.8) is 0 Å². The van der Waals surface area contributed by atoms with E-state index in [-0.39, 0.29) is 0 Å². The predicted molar refractivity (Wildman–Crippen MR) is 150 cm³/mol. The molecule has 0 spiro atoms. The Morgan fingerprint density at radius 2 is 1.55 bits per heavy atom. The highest BCUT2D eigenvalue weighted by Crippen LogP contribution is 2.35. The van der Waals surface area contributed by atoms with Crippen LogP contribution < -0.4 is 10.6 Å². The number of rotatable bonds is 9. The quantitative estimate of drug-likeness (QED) is 0.417. The molecule has 0 heterocycles. The van der Waals surface area contributed by atoms with Crippen LogP contribution in [0.5, 0.6) is 0 Å². The summed E-state index contributed by atoms with van der Waals surface area (Å²) in [7, 11) is 0. The molecule has 208 valence electrons. The van der Waals surface area contributed by atoms with Gasteiger partial charge >= 0.3 is 6.09 Å². The highest BCUT2D eigenvalue weighted by atomic mass is 16.6. The minimum absolute atomic E-state index is 0.392. The van der Waals surface area contributed by atoms with Crippen molar-refractivity contribution < 1.29 is 24.2 Å². The summed E-state index contributed by atoms with van der Waals surface area (Å²) in [5.74, 6) is -0.979. The van der Waals surface area contributed by atoms with Crippen molar-refractivity contribution in [2.75, 3.05) is 11.9 Å². The van der Waals surface area contributed by atoms with Gasteiger partial charge in [-0.3, -0.25) is 9.59 Å². The van der Waals surface area contributed by atoms with Gasteiger partial charge in [0.05, 0.1) is 6.61 Å². The van der Waals surface area contributed by atoms with E-state index in [0.717, 1.165) is 16.7 Å². The van der Waals surface area contributed by atoms with Crippen LogP contribution >= 0.6 is 0 Å². The van der Waals surface area contributed by atoms with Crippen molar-refractivity contribution in [3.8, 4) is 0 Å². The molecule has 2 rings (SSSR count). The zero-order valence-electron chi connectivity index (χ0n) is 24.1. The summed E-state index contributed by atoms with van der Waals surface area (Å²) < 4.78 is 5.32. The fourth-order valence-corrected chi connectivity index (χ4v) is 4.13. The maximum absolute atomic E-state index is 14.1. The van der Waals surface area contributed by atoms with Crippen LogP contribution in [-0.2, 0) is 14.3 Å². The number of carbonyl (C=O) groups is 3. The lowest BCUT2D eigenvalue weighted by Crippen LogP contribution is -2.59. The molecular weight excluding hydrogens is 482 g/mol. The Hall–Kier alpha value is -3.39. The third kappa shape index (κ3) is 7.57. The lowest BCUT2D eigenvalue weighted by Gasteiger charge is -2.44. The fraction of sp³-hybridized carbons (Fsp3) is 0.500. The first kappa shape index (κ1) is 30.8. The van der Waals surface area contributed by atoms with Gasteiger partial charge in [0.2, 0.25) is 5.91 Å². The second kappa shape index (κ2) is 12.4. The van der Waals surface area contributed by atoms with E-state index in [1.807, 2.05) is 84.0 Å². The van der Waals surface area contributed by atoms with Crippen LogP contribution in [0.1, 0.15) is 76.3 Å². The summed E-state index contributed by atoms with van der Waals surface area (Å²) in [4.78, 5) is 42.2. The van der Waals surface area contributed by atoms with Gasteiger partial charge in [0.25, 0.3) is 5.91 Å². The van der Waals surface area contributed by atoms with E-state index in [0.29, 0.717) is 17.7 Å². The first-order valence-electron chi connectivity index (χ1n) is 13.0. The number of carbonyl (C=O) groups excluding carboxylic acids is 3. The normalized spacial score (nSPS) is 13.3. The molecule has 2 unspecified atom stereocenters. The van der Waals surface area contributed by atoms with Gasteiger partial charge in [-0.25, -0.2) is 4.79 Å². The second-order valence-electron chi connectivity index (χ2n) is 11.3. The molecule has 8 heteroatoms. The van der Waals surface area contributed by atoms with Crippen molar-refractivity contribution in [1.82, 2.24) is 10.2 Å². The zero-order valence-corrected chi connectivity index (χ0v) is 24.1. The summed E-state index contributed by atoms with van der Waals surface area (Å²) in [6, 6.07) is 10.7. The number of hydrogen-bond acceptors (Lipinski definition) is 5. The largest absolute Gasteiger partial charge is 0.444 e. The second-order valence-corrected chi connectivity index (χ2v) is 11.3. The molecule has 38 heavy (non-hydrogen) atoms. The molecular formula is C30H43N3O5. The van der Waals surface area contributed by atoms with Crippen molar-refractivity contribution in [2.45, 2.75) is 92.0 Å². The topological polar surface area (TPSA) is 108 Å². The molecule has 2 aromatic rings. The van der Waals surface area contributed by atoms with E-state index in [9.17, 15) is 19.5 Å². The van der Waals surface area contributed by atoms with Crippen LogP contribution in [0.4, 0.5) is 10.5 Å². The Balaban J connectivity index is 2.65. The Morgan fingerprint density at radius 1 is 0.947 bits per heavy atom. The van der Waals surface area contributed by atoms with Crippen LogP contribution in [0.25, 0.3) is 0 Å². The number of aliphatic hydroxyl groups excluding tert-OH is 1. The molecule has 2 atom stereocenters. The number of para-hydroxylation sites is 1. The number of nitrogens with zero attached hydrogens (tertiary/aromatic N) is 1. The molecule has 0 radical (unpaired) electrons. The average molecular weight is 526 g/mol. The first-order valence-corrected chi connectivity index (χ1v) is 13.0. The number of aryl methyl sites for hydroxylation is 2. The van der Waals surface area contributed by atoms with Gasteiger partial charge in [0, 0.05) is 11.2 Å². The van der Waals surface area contributed by atoms with E-state index < -0.39 is 47.7 Å². The molecule has 3 N–H and O–H groups in total. The fourth-order valence-electron chi connectivity index (χ4n) is 4.13. The minimum atomic E-state index is -1.31. The molecule has 8 nitrogen and oxygen atoms in total. The number of aliphatic hydroxyl groups is 1. The molecule has 0 aliphatic heterocycles. The van der Waals surface area contributed by atoms with Gasteiger partial charge in [-0.1, -0.05) is 43.3 Å². The minimum Gasteiger partial charge on any atom is -0.444 e. The van der Waals surface area contributed by atoms with Gasteiger partial charge in [0.15, 0.2) is 0 Å². The molecule has 0 saturated carbocycles. The summed E-state index contributed by atoms with van der Waals surface area (Å²) in [6.07, 6.45) is -0.311. The maximum Gasteiger partial charge on any atom is 0.408 e. The summed E-state index contributed by atoms with van der Waals surface area (Å²) in [5, 5.41) is 15.7. The van der Waals surface area contributed by atoms with Gasteiger partial charge < -0.3 is 25.4 Å². The molecule has 0 aliphatic carbocycles. The van der Waals surface area contributed by atoms with Gasteiger partial charge in [-0.05, 0) is 90.1 Å². The Labute approximate surface area is 226 Å². The smallest absolute Gasteiger partial charge is 0.408 e. The van der Waals surface area contributed by atoms with Crippen LogP contribution in [0, 0.1) is 20.8 Å². The molecule has 0 bridgehead atoms. The maximum atomic E-state index is 14.1. The standard InChI is InChI=1S/C30H43N3O5/c1-10-30(8,9)33(27(36)24(18-34)32-28(37)38-29(5,6)7)25(22-16-13-15-19(2)21(22)4)26(35)31-23-17-12-11-14-20(23)3/h11-17,24-25,34H,10,18H2,1-9H3,(H,31,35)(H,32,37). The third-order valence-corrected chi connectivity index (χ3v) is 6.78. The number of ether oxygens (including phenoxy) is 1. The number of benzene rings is 2. The third-order valence-electron chi connectivity index (χ3n) is 6.78. The predicted octanol–water partition coefficient (Wildman–Crippen LogP) is 5.19. The van der Waals surface area contributed by atoms with E-state index in [2.05, 4.69) is 10.6 Å². The van der Waals surface area contributed by atoms with Crippen LogP contribution in [0.15, 0.2) is 42.5 Å². The number of hydrogen-bond donors (Lipinski definition) is 3. The Bertz CT molecular complexity index is 1150. The first-order chi connectivity index (χ1) is 17.6. The molecule has 0 aromatic heterocycles. The molecule has 0 saturated heterocycles. The van der Waals surface area contributed by atoms with E-state index in [1.54, 1.807) is 20.8 Å². The number of alkyl carbamates (subject to hydrolysis) is 1. The van der Waals surface area contributed by atoms with Crippen LogP contribution in [0.2, 0.25) is 0 Å². The Morgan fingerprint density at radius 3 is 2.11 bits per heavy atom. The molecule has 2 aromatic carbocycles. The lowest BCUT2D eigenvalue weighted by atomic mass is 9.89. The van der Waals surface area contributed by atoms with Gasteiger partial charge in [0.1, 0.15) is 17.7 Å². The zero-order chi connectivity index (χ0) is 28.8. The highest BCUT2D eigenvalue weighted by molar-refractivity contribution is 6.00. The average Bonchev–Trinajstić information content (AvgIpc) is 2.82. The van der Waals surface area contributed by atoms with E-state index >= 15 is 0 Å². The Kier molecular flexibility index (Phi) is 10.1. The summed E-state index contributed by atoms with van der Waals surface area (Å²) in [5.41, 5.74) is 2.44. The van der Waals surface area contributed by atoms with Crippen molar-refractivity contribution in [3.05, 3.63) is 64.7 Å². The van der Waals surface area contributed by atoms with Gasteiger partial charge in [-0.2, -0.15) is 0 Å². The lowest BCUT2D eigenvalue weighted by molar-refractivity contribution is -0.148. The molecule has 0 aliphatic rings. The summed E-state index contributed by atoms with van der Waals surface area (Å²) >= 11 is 0. The number of anilines is 1. The van der Waals surface area contributed by atoms with Gasteiger partial charge in [-0.15, -0.1) is 0 Å². The molecule has 3 amide bonds. The highest BCUT2D eigenvalue weighted by Gasteiger charge is 2.43. The number of amides is 3. The van der Waals surface area contributed by atoms with E-state index in [4.69, 9.17) is 4.74 Å². The van der Waals surface area contributed by atoms with Crippen LogP contribution in [0.3, 0.4) is 0 Å². The number of nitrogens with one attached hydrogen (secondary N) is 2. The van der Waals surface area contributed by atoms with Crippen molar-refractivity contribution >= 4 is 23.6 Å². The van der Waals surface area contributed by atoms with Crippen molar-refractivity contribution in [1.29, 1.82) is 0 Å². The van der Waals surface area contributed by atoms with E-state index in [1.165, 1.54) is 4.90 Å². The van der Waals surface area contributed by atoms with Crippen LogP contribution in [-0.4, -0.2) is 51.7 Å². The molecule has 0 fully saturated rings. The monoisotopic (exact) mass is 525 g/mol.